The van der Waals surface area contributed by atoms with Gasteiger partial charge in [0.15, 0.2) is 0 Å². The van der Waals surface area contributed by atoms with Crippen LogP contribution in [0.5, 0.6) is 5.75 Å². The highest BCUT2D eigenvalue weighted by atomic mass is 35.5. The fourth-order valence-corrected chi connectivity index (χ4v) is 2.36. The largest absolute Gasteiger partial charge is 0.496 e. The Morgan fingerprint density at radius 1 is 1.28 bits per heavy atom. The number of nitrogens with zero attached hydrogens (tertiary/aromatic N) is 1. The van der Waals surface area contributed by atoms with E-state index in [1.807, 2.05) is 0 Å². The fraction of sp³-hybridized carbons (Fsp3) is 0.600. The molecule has 0 aliphatic rings. The Bertz CT molecular complexity index is 377. The van der Waals surface area contributed by atoms with Crippen molar-refractivity contribution in [3.05, 3.63) is 29.3 Å². The highest BCUT2D eigenvalue weighted by Gasteiger charge is 2.18. The highest BCUT2D eigenvalue weighted by molar-refractivity contribution is 6.17. The molecule has 0 bridgehead atoms. The third kappa shape index (κ3) is 3.63. The molecule has 0 aliphatic heterocycles. The minimum Gasteiger partial charge on any atom is -0.496 e. The van der Waals surface area contributed by atoms with E-state index in [1.165, 1.54) is 11.1 Å². The van der Waals surface area contributed by atoms with Crippen molar-refractivity contribution in [2.45, 2.75) is 32.2 Å². The molecule has 1 rings (SSSR count). The first kappa shape index (κ1) is 15.3. The van der Waals surface area contributed by atoms with Crippen LogP contribution in [0.2, 0.25) is 0 Å². The summed E-state index contributed by atoms with van der Waals surface area (Å²) in [6.07, 6.45) is 0.923. The summed E-state index contributed by atoms with van der Waals surface area (Å²) in [6.45, 7) is 4.38. The number of benzene rings is 1. The number of alkyl halides is 1. The number of methoxy groups -OCH3 is 1. The summed E-state index contributed by atoms with van der Waals surface area (Å²) >= 11 is 5.90. The lowest BCUT2D eigenvalue weighted by atomic mass is 9.96. The molecule has 0 saturated carbocycles. The number of ether oxygens (including phenoxy) is 1. The molecule has 0 spiro atoms. The molecular formula is C15H24ClNO. The van der Waals surface area contributed by atoms with Gasteiger partial charge in [0.2, 0.25) is 0 Å². The first-order valence-corrected chi connectivity index (χ1v) is 6.95. The SMILES string of the molecule is COc1cc(C(C)C)ccc1C(CCCl)N(C)C. The summed E-state index contributed by atoms with van der Waals surface area (Å²) < 4.78 is 5.54. The van der Waals surface area contributed by atoms with Crippen LogP contribution in [-0.2, 0) is 0 Å². The minimum atomic E-state index is 0.304. The van der Waals surface area contributed by atoms with Crippen molar-refractivity contribution in [2.75, 3.05) is 27.1 Å². The van der Waals surface area contributed by atoms with E-state index >= 15 is 0 Å². The molecule has 3 heteroatoms. The van der Waals surface area contributed by atoms with Gasteiger partial charge < -0.3 is 9.64 Å². The van der Waals surface area contributed by atoms with Gasteiger partial charge in [0.25, 0.3) is 0 Å². The molecule has 0 fully saturated rings. The lowest BCUT2D eigenvalue weighted by Gasteiger charge is -2.26. The zero-order chi connectivity index (χ0) is 13.7. The molecule has 1 unspecified atom stereocenters. The molecule has 1 aromatic carbocycles. The van der Waals surface area contributed by atoms with Crippen molar-refractivity contribution < 1.29 is 4.74 Å². The average Bonchev–Trinajstić information content (AvgIpc) is 2.34. The first-order chi connectivity index (χ1) is 8.51. The Morgan fingerprint density at radius 3 is 2.39 bits per heavy atom. The van der Waals surface area contributed by atoms with Crippen molar-refractivity contribution in [1.82, 2.24) is 4.90 Å². The summed E-state index contributed by atoms with van der Waals surface area (Å²) in [4.78, 5) is 2.19. The van der Waals surface area contributed by atoms with E-state index < -0.39 is 0 Å². The maximum absolute atomic E-state index is 5.90. The van der Waals surface area contributed by atoms with Crippen molar-refractivity contribution >= 4 is 11.6 Å². The van der Waals surface area contributed by atoms with E-state index in [0.29, 0.717) is 17.8 Å². The topological polar surface area (TPSA) is 12.5 Å². The molecule has 0 radical (unpaired) electrons. The fourth-order valence-electron chi connectivity index (χ4n) is 2.16. The molecule has 0 aliphatic carbocycles. The van der Waals surface area contributed by atoms with Crippen LogP contribution in [-0.4, -0.2) is 32.0 Å². The summed E-state index contributed by atoms with van der Waals surface area (Å²) in [5, 5.41) is 0. The van der Waals surface area contributed by atoms with Crippen molar-refractivity contribution in [2.24, 2.45) is 0 Å². The Hall–Kier alpha value is -0.730. The second kappa shape index (κ2) is 7.01. The van der Waals surface area contributed by atoms with Gasteiger partial charge in [-0.05, 0) is 38.1 Å². The maximum atomic E-state index is 5.90. The van der Waals surface area contributed by atoms with Crippen molar-refractivity contribution in [1.29, 1.82) is 0 Å². The van der Waals surface area contributed by atoms with Crippen LogP contribution in [0.25, 0.3) is 0 Å². The van der Waals surface area contributed by atoms with E-state index in [1.54, 1.807) is 7.11 Å². The predicted molar refractivity (Wildman–Crippen MR) is 78.8 cm³/mol. The number of hydrogen-bond donors (Lipinski definition) is 0. The zero-order valence-corrected chi connectivity index (χ0v) is 12.8. The van der Waals surface area contributed by atoms with E-state index in [-0.39, 0.29) is 0 Å². The summed E-state index contributed by atoms with van der Waals surface area (Å²) in [7, 11) is 5.89. The van der Waals surface area contributed by atoms with Crippen molar-refractivity contribution in [3.63, 3.8) is 0 Å². The third-order valence-corrected chi connectivity index (χ3v) is 3.51. The Kier molecular flexibility index (Phi) is 5.97. The van der Waals surface area contributed by atoms with E-state index in [0.717, 1.165) is 12.2 Å². The van der Waals surface area contributed by atoms with Gasteiger partial charge in [-0.2, -0.15) is 0 Å². The summed E-state index contributed by atoms with van der Waals surface area (Å²) in [6, 6.07) is 6.81. The Balaban J connectivity index is 3.13. The van der Waals surface area contributed by atoms with Crippen LogP contribution in [0.3, 0.4) is 0 Å². The van der Waals surface area contributed by atoms with Gasteiger partial charge in [0.1, 0.15) is 5.75 Å². The molecular weight excluding hydrogens is 246 g/mol. The smallest absolute Gasteiger partial charge is 0.123 e. The molecule has 0 saturated heterocycles. The van der Waals surface area contributed by atoms with Gasteiger partial charge in [0.05, 0.1) is 7.11 Å². The second-order valence-corrected chi connectivity index (χ2v) is 5.49. The Labute approximate surface area is 116 Å². The Morgan fingerprint density at radius 2 is 1.94 bits per heavy atom. The average molecular weight is 270 g/mol. The third-order valence-electron chi connectivity index (χ3n) is 3.29. The van der Waals surface area contributed by atoms with Crippen LogP contribution in [0, 0.1) is 0 Å². The molecule has 102 valence electrons. The van der Waals surface area contributed by atoms with Crippen LogP contribution in [0.15, 0.2) is 18.2 Å². The lowest BCUT2D eigenvalue weighted by molar-refractivity contribution is 0.283. The number of hydrogen-bond acceptors (Lipinski definition) is 2. The molecule has 2 nitrogen and oxygen atoms in total. The standard InChI is InChI=1S/C15H24ClNO/c1-11(2)12-6-7-13(15(10-12)18-5)14(8-9-16)17(3)4/h6-7,10-11,14H,8-9H2,1-5H3. The second-order valence-electron chi connectivity index (χ2n) is 5.11. The van der Waals surface area contributed by atoms with Gasteiger partial charge in [-0.15, -0.1) is 11.6 Å². The zero-order valence-electron chi connectivity index (χ0n) is 12.0. The van der Waals surface area contributed by atoms with Crippen LogP contribution in [0.4, 0.5) is 0 Å². The highest BCUT2D eigenvalue weighted by Crippen LogP contribution is 2.33. The molecule has 18 heavy (non-hydrogen) atoms. The van der Waals surface area contributed by atoms with Gasteiger partial charge in [-0.1, -0.05) is 26.0 Å². The maximum Gasteiger partial charge on any atom is 0.123 e. The van der Waals surface area contributed by atoms with Gasteiger partial charge >= 0.3 is 0 Å². The molecule has 0 heterocycles. The molecule has 0 N–H and O–H groups in total. The molecule has 0 amide bonds. The summed E-state index contributed by atoms with van der Waals surface area (Å²) in [5.74, 6) is 2.13. The van der Waals surface area contributed by atoms with Crippen molar-refractivity contribution in [3.8, 4) is 5.75 Å². The number of halogens is 1. The minimum absolute atomic E-state index is 0.304. The van der Waals surface area contributed by atoms with Gasteiger partial charge in [0, 0.05) is 17.5 Å². The van der Waals surface area contributed by atoms with E-state index in [4.69, 9.17) is 16.3 Å². The quantitative estimate of drug-likeness (QED) is 0.723. The monoisotopic (exact) mass is 269 g/mol. The normalized spacial score (nSPS) is 13.1. The predicted octanol–water partition coefficient (Wildman–Crippen LogP) is 4.05. The van der Waals surface area contributed by atoms with E-state index in [9.17, 15) is 0 Å². The van der Waals surface area contributed by atoms with Crippen LogP contribution in [0.1, 0.15) is 43.4 Å². The molecule has 1 atom stereocenters. The number of rotatable bonds is 6. The molecule has 1 aromatic rings. The van der Waals surface area contributed by atoms with Gasteiger partial charge in [-0.3, -0.25) is 0 Å². The van der Waals surface area contributed by atoms with E-state index in [2.05, 4.69) is 51.0 Å². The first-order valence-electron chi connectivity index (χ1n) is 6.41. The molecule has 0 aromatic heterocycles. The van der Waals surface area contributed by atoms with Crippen LogP contribution < -0.4 is 4.74 Å². The summed E-state index contributed by atoms with van der Waals surface area (Å²) in [5.41, 5.74) is 2.52. The van der Waals surface area contributed by atoms with Crippen LogP contribution >= 0.6 is 11.6 Å². The van der Waals surface area contributed by atoms with Gasteiger partial charge in [-0.25, -0.2) is 0 Å². The lowest BCUT2D eigenvalue weighted by Crippen LogP contribution is -2.21.